The average molecular weight is 366 g/mol. The SMILES string of the molecule is CC1CCC(N2CC(C(=O)N(CC(=O)O)C3CCOCC3)CC2=O)CC1. The molecule has 7 nitrogen and oxygen atoms in total. The van der Waals surface area contributed by atoms with Crippen molar-refractivity contribution >= 4 is 17.8 Å². The number of carbonyl (C=O) groups excluding carboxylic acids is 2. The minimum atomic E-state index is -1.01. The highest BCUT2D eigenvalue weighted by Gasteiger charge is 2.41. The summed E-state index contributed by atoms with van der Waals surface area (Å²) in [5, 5.41) is 9.24. The van der Waals surface area contributed by atoms with E-state index in [1.807, 2.05) is 4.90 Å². The first-order valence-electron chi connectivity index (χ1n) is 9.85. The molecular weight excluding hydrogens is 336 g/mol. The zero-order chi connectivity index (χ0) is 18.7. The lowest BCUT2D eigenvalue weighted by atomic mass is 9.86. The molecule has 0 aromatic carbocycles. The lowest BCUT2D eigenvalue weighted by Gasteiger charge is -2.35. The van der Waals surface area contributed by atoms with Gasteiger partial charge in [0.2, 0.25) is 11.8 Å². The molecule has 3 fully saturated rings. The van der Waals surface area contributed by atoms with Crippen LogP contribution in [0.15, 0.2) is 0 Å². The molecule has 1 N–H and O–H groups in total. The van der Waals surface area contributed by atoms with Crippen molar-refractivity contribution in [2.75, 3.05) is 26.3 Å². The summed E-state index contributed by atoms with van der Waals surface area (Å²) in [6.07, 6.45) is 5.79. The topological polar surface area (TPSA) is 87.2 Å². The molecule has 2 aliphatic heterocycles. The third-order valence-electron chi connectivity index (χ3n) is 6.15. The van der Waals surface area contributed by atoms with Gasteiger partial charge in [-0.2, -0.15) is 0 Å². The summed E-state index contributed by atoms with van der Waals surface area (Å²) in [6, 6.07) is 0.138. The number of carboxylic acid groups (broad SMARTS) is 1. The normalized spacial score (nSPS) is 30.4. The van der Waals surface area contributed by atoms with Crippen molar-refractivity contribution in [1.82, 2.24) is 9.80 Å². The van der Waals surface area contributed by atoms with Crippen molar-refractivity contribution in [2.45, 2.75) is 64.0 Å². The van der Waals surface area contributed by atoms with Gasteiger partial charge in [0.05, 0.1) is 5.92 Å². The number of aliphatic carboxylic acids is 1. The van der Waals surface area contributed by atoms with Crippen molar-refractivity contribution in [2.24, 2.45) is 11.8 Å². The molecule has 26 heavy (non-hydrogen) atoms. The van der Waals surface area contributed by atoms with Gasteiger partial charge in [-0.15, -0.1) is 0 Å². The molecule has 1 saturated carbocycles. The Morgan fingerprint density at radius 1 is 1.15 bits per heavy atom. The van der Waals surface area contributed by atoms with Crippen LogP contribution in [-0.2, 0) is 19.1 Å². The molecule has 1 unspecified atom stereocenters. The van der Waals surface area contributed by atoms with Gasteiger partial charge in [-0.05, 0) is 44.4 Å². The Kier molecular flexibility index (Phi) is 6.16. The van der Waals surface area contributed by atoms with Crippen molar-refractivity contribution < 1.29 is 24.2 Å². The second-order valence-electron chi connectivity index (χ2n) is 8.06. The van der Waals surface area contributed by atoms with Gasteiger partial charge >= 0.3 is 5.97 Å². The van der Waals surface area contributed by atoms with Gasteiger partial charge < -0.3 is 19.6 Å². The average Bonchev–Trinajstić information content (AvgIpc) is 3.02. The van der Waals surface area contributed by atoms with E-state index in [0.717, 1.165) is 25.7 Å². The minimum Gasteiger partial charge on any atom is -0.480 e. The van der Waals surface area contributed by atoms with Crippen LogP contribution in [0.25, 0.3) is 0 Å². The van der Waals surface area contributed by atoms with Crippen LogP contribution < -0.4 is 0 Å². The number of nitrogens with zero attached hydrogens (tertiary/aromatic N) is 2. The maximum atomic E-state index is 13.0. The van der Waals surface area contributed by atoms with Crippen molar-refractivity contribution in [3.8, 4) is 0 Å². The molecule has 0 bridgehead atoms. The number of hydrogen-bond donors (Lipinski definition) is 1. The zero-order valence-corrected chi connectivity index (χ0v) is 15.6. The van der Waals surface area contributed by atoms with Crippen LogP contribution in [0.1, 0.15) is 51.9 Å². The fourth-order valence-corrected chi connectivity index (χ4v) is 4.57. The van der Waals surface area contributed by atoms with E-state index in [-0.39, 0.29) is 36.9 Å². The van der Waals surface area contributed by atoms with E-state index in [4.69, 9.17) is 4.74 Å². The molecule has 2 saturated heterocycles. The molecule has 3 aliphatic rings. The van der Waals surface area contributed by atoms with Crippen LogP contribution in [0.2, 0.25) is 0 Å². The summed E-state index contributed by atoms with van der Waals surface area (Å²) in [5.74, 6) is -0.846. The number of likely N-dealkylation sites (tertiary alicyclic amines) is 1. The highest BCUT2D eigenvalue weighted by Crippen LogP contribution is 2.32. The van der Waals surface area contributed by atoms with E-state index in [9.17, 15) is 19.5 Å². The molecule has 3 rings (SSSR count). The number of hydrogen-bond acceptors (Lipinski definition) is 4. The molecule has 1 aliphatic carbocycles. The summed E-state index contributed by atoms with van der Waals surface area (Å²) in [5.41, 5.74) is 0. The third-order valence-corrected chi connectivity index (χ3v) is 6.15. The Morgan fingerprint density at radius 2 is 1.81 bits per heavy atom. The molecule has 1 atom stereocenters. The Hall–Kier alpha value is -1.63. The number of ether oxygens (including phenoxy) is 1. The fourth-order valence-electron chi connectivity index (χ4n) is 4.57. The Morgan fingerprint density at radius 3 is 2.42 bits per heavy atom. The number of rotatable bonds is 5. The lowest BCUT2D eigenvalue weighted by Crippen LogP contribution is -2.49. The summed E-state index contributed by atoms with van der Waals surface area (Å²) in [7, 11) is 0. The van der Waals surface area contributed by atoms with Gasteiger partial charge in [-0.3, -0.25) is 14.4 Å². The molecule has 2 heterocycles. The number of amides is 2. The van der Waals surface area contributed by atoms with E-state index < -0.39 is 11.9 Å². The summed E-state index contributed by atoms with van der Waals surface area (Å²) in [6.45, 7) is 3.48. The molecule has 0 spiro atoms. The third kappa shape index (κ3) is 4.37. The fraction of sp³-hybridized carbons (Fsp3) is 0.842. The zero-order valence-electron chi connectivity index (χ0n) is 15.6. The lowest BCUT2D eigenvalue weighted by molar-refractivity contribution is -0.149. The molecule has 0 aromatic heterocycles. The smallest absolute Gasteiger partial charge is 0.323 e. The number of carboxylic acids is 1. The largest absolute Gasteiger partial charge is 0.480 e. The van der Waals surface area contributed by atoms with Crippen molar-refractivity contribution in [3.63, 3.8) is 0 Å². The van der Waals surface area contributed by atoms with Gasteiger partial charge in [0.25, 0.3) is 0 Å². The molecule has 7 heteroatoms. The van der Waals surface area contributed by atoms with Gasteiger partial charge in [0, 0.05) is 38.3 Å². The minimum absolute atomic E-state index is 0.0464. The quantitative estimate of drug-likeness (QED) is 0.797. The standard InChI is InChI=1S/C19H30N2O5/c1-13-2-4-15(5-3-13)20-11-14(10-17(20)22)19(25)21(12-18(23)24)16-6-8-26-9-7-16/h13-16H,2-12H2,1H3,(H,23,24). The first-order chi connectivity index (χ1) is 12.5. The Bertz CT molecular complexity index is 538. The number of carbonyl (C=O) groups is 3. The van der Waals surface area contributed by atoms with Crippen LogP contribution in [0, 0.1) is 11.8 Å². The van der Waals surface area contributed by atoms with E-state index in [0.29, 0.717) is 38.5 Å². The van der Waals surface area contributed by atoms with Crippen molar-refractivity contribution in [3.05, 3.63) is 0 Å². The van der Waals surface area contributed by atoms with Gasteiger partial charge in [-0.1, -0.05) is 6.92 Å². The first kappa shape index (κ1) is 19.1. The predicted octanol–water partition coefficient (Wildman–Crippen LogP) is 1.51. The molecule has 2 amide bonds. The van der Waals surface area contributed by atoms with E-state index in [1.165, 1.54) is 4.90 Å². The van der Waals surface area contributed by atoms with E-state index in [2.05, 4.69) is 6.92 Å². The second kappa shape index (κ2) is 8.37. The molecule has 0 radical (unpaired) electrons. The molecule has 0 aromatic rings. The maximum Gasteiger partial charge on any atom is 0.323 e. The van der Waals surface area contributed by atoms with Crippen LogP contribution >= 0.6 is 0 Å². The summed E-state index contributed by atoms with van der Waals surface area (Å²) in [4.78, 5) is 40.2. The predicted molar refractivity (Wildman–Crippen MR) is 94.4 cm³/mol. The monoisotopic (exact) mass is 366 g/mol. The van der Waals surface area contributed by atoms with Crippen LogP contribution in [-0.4, -0.2) is 71.1 Å². The van der Waals surface area contributed by atoms with E-state index >= 15 is 0 Å². The maximum absolute atomic E-state index is 13.0. The molecule has 146 valence electrons. The summed E-state index contributed by atoms with van der Waals surface area (Å²) >= 11 is 0. The van der Waals surface area contributed by atoms with Crippen molar-refractivity contribution in [1.29, 1.82) is 0 Å². The summed E-state index contributed by atoms with van der Waals surface area (Å²) < 4.78 is 5.33. The van der Waals surface area contributed by atoms with Gasteiger partial charge in [-0.25, -0.2) is 0 Å². The van der Waals surface area contributed by atoms with Gasteiger partial charge in [0.15, 0.2) is 0 Å². The van der Waals surface area contributed by atoms with Crippen LogP contribution in [0.5, 0.6) is 0 Å². The molecular formula is C19H30N2O5. The van der Waals surface area contributed by atoms with Crippen LogP contribution in [0.3, 0.4) is 0 Å². The van der Waals surface area contributed by atoms with E-state index in [1.54, 1.807) is 0 Å². The first-order valence-corrected chi connectivity index (χ1v) is 9.85. The Labute approximate surface area is 154 Å². The highest BCUT2D eigenvalue weighted by molar-refractivity contribution is 5.91. The Balaban J connectivity index is 1.65. The second-order valence-corrected chi connectivity index (χ2v) is 8.06. The highest BCUT2D eigenvalue weighted by atomic mass is 16.5. The van der Waals surface area contributed by atoms with Gasteiger partial charge in [0.1, 0.15) is 6.54 Å². The van der Waals surface area contributed by atoms with Crippen LogP contribution in [0.4, 0.5) is 0 Å².